The molecule has 0 rings (SSSR count). The van der Waals surface area contributed by atoms with Gasteiger partial charge in [-0.2, -0.15) is 0 Å². The van der Waals surface area contributed by atoms with Gasteiger partial charge in [0.2, 0.25) is 5.91 Å². The third kappa shape index (κ3) is 17.4. The van der Waals surface area contributed by atoms with Crippen molar-refractivity contribution in [3.05, 3.63) is 0 Å². The first-order valence-electron chi connectivity index (χ1n) is 7.86. The molecule has 0 atom stereocenters. The van der Waals surface area contributed by atoms with E-state index in [9.17, 15) is 4.79 Å². The van der Waals surface area contributed by atoms with Crippen LogP contribution in [0, 0.1) is 0 Å². The lowest BCUT2D eigenvalue weighted by Gasteiger charge is -2.14. The van der Waals surface area contributed by atoms with Crippen LogP contribution in [0.15, 0.2) is 0 Å². The van der Waals surface area contributed by atoms with Crippen LogP contribution in [-0.2, 0) is 4.79 Å². The monoisotopic (exact) mass is 273 g/mol. The molecule has 0 aromatic rings. The van der Waals surface area contributed by atoms with E-state index >= 15 is 0 Å². The highest BCUT2D eigenvalue weighted by Gasteiger charge is 2.04. The van der Waals surface area contributed by atoms with E-state index in [0.717, 1.165) is 39.0 Å². The normalized spacial score (nSPS) is 10.0. The first-order chi connectivity index (χ1) is 9.20. The van der Waals surface area contributed by atoms with Crippen molar-refractivity contribution in [1.82, 2.24) is 15.5 Å². The topological polar surface area (TPSA) is 44.4 Å². The summed E-state index contributed by atoms with van der Waals surface area (Å²) in [5, 5.41) is 6.26. The number of amides is 1. The van der Waals surface area contributed by atoms with Crippen LogP contribution in [0.3, 0.4) is 0 Å². The lowest BCUT2D eigenvalue weighted by atomic mass is 10.2. The van der Waals surface area contributed by atoms with Crippen LogP contribution in [0.1, 0.15) is 53.4 Å². The van der Waals surface area contributed by atoms with Gasteiger partial charge in [-0.3, -0.25) is 9.69 Å². The Morgan fingerprint density at radius 3 is 2.26 bits per heavy atom. The molecule has 0 heterocycles. The van der Waals surface area contributed by atoms with Gasteiger partial charge in [0.1, 0.15) is 0 Å². The van der Waals surface area contributed by atoms with Crippen LogP contribution in [0.5, 0.6) is 0 Å². The number of carbonyl (C=O) groups is 1. The number of likely N-dealkylation sites (N-methyl/N-ethyl adjacent to an activating group) is 1. The van der Waals surface area contributed by atoms with E-state index < -0.39 is 0 Å². The van der Waals surface area contributed by atoms with E-state index in [1.54, 1.807) is 0 Å². The average molecular weight is 273 g/mol. The van der Waals surface area contributed by atoms with Crippen molar-refractivity contribution in [1.29, 1.82) is 0 Å². The molecule has 116 valence electrons. The van der Waals surface area contributed by atoms with Gasteiger partial charge in [-0.25, -0.2) is 0 Å². The largest absolute Gasteiger partial charge is 0.355 e. The molecule has 4 heteroatoms. The minimum absolute atomic E-state index is 0.146. The number of hydrogen-bond donors (Lipinski definition) is 2. The van der Waals surface area contributed by atoms with E-state index in [1.807, 2.05) is 20.9 Å². The van der Waals surface area contributed by atoms with Crippen molar-refractivity contribution in [2.24, 2.45) is 0 Å². The number of carbonyl (C=O) groups excluding carboxylic acids is 1. The van der Waals surface area contributed by atoms with Gasteiger partial charge < -0.3 is 10.6 Å². The van der Waals surface area contributed by atoms with Gasteiger partial charge in [-0.1, -0.05) is 34.1 Å². The van der Waals surface area contributed by atoms with Crippen LogP contribution in [0.4, 0.5) is 0 Å². The first-order valence-corrected chi connectivity index (χ1v) is 7.86. The van der Waals surface area contributed by atoms with Crippen molar-refractivity contribution in [3.63, 3.8) is 0 Å². The molecule has 0 bridgehead atoms. The van der Waals surface area contributed by atoms with Gasteiger partial charge in [0.25, 0.3) is 0 Å². The highest BCUT2D eigenvalue weighted by Crippen LogP contribution is 1.92. The summed E-state index contributed by atoms with van der Waals surface area (Å²) in [5.74, 6) is 0.146. The van der Waals surface area contributed by atoms with Crippen LogP contribution in [0.25, 0.3) is 0 Å². The van der Waals surface area contributed by atoms with Crippen molar-refractivity contribution < 1.29 is 4.79 Å². The molecule has 0 saturated heterocycles. The van der Waals surface area contributed by atoms with Gasteiger partial charge >= 0.3 is 0 Å². The zero-order valence-corrected chi connectivity index (χ0v) is 13.7. The molecule has 1 amide bonds. The number of rotatable bonds is 11. The summed E-state index contributed by atoms with van der Waals surface area (Å²) < 4.78 is 0. The maximum atomic E-state index is 11.5. The molecule has 0 aliphatic heterocycles. The fourth-order valence-corrected chi connectivity index (χ4v) is 1.72. The Bertz CT molecular complexity index is 186. The summed E-state index contributed by atoms with van der Waals surface area (Å²) >= 11 is 0. The van der Waals surface area contributed by atoms with Gasteiger partial charge in [0.15, 0.2) is 0 Å². The molecule has 0 aliphatic rings. The predicted octanol–water partition coefficient (Wildman–Crippen LogP) is 2.25. The predicted molar refractivity (Wildman–Crippen MR) is 84.5 cm³/mol. The van der Waals surface area contributed by atoms with E-state index in [-0.39, 0.29) is 5.91 Å². The smallest absolute Gasteiger partial charge is 0.234 e. The van der Waals surface area contributed by atoms with Gasteiger partial charge in [0.05, 0.1) is 6.54 Å². The van der Waals surface area contributed by atoms with Crippen molar-refractivity contribution >= 4 is 5.91 Å². The highest BCUT2D eigenvalue weighted by molar-refractivity contribution is 5.77. The number of unbranched alkanes of at least 4 members (excludes halogenated alkanes) is 2. The Morgan fingerprint density at radius 2 is 1.68 bits per heavy atom. The second kappa shape index (κ2) is 17.4. The first kappa shape index (κ1) is 20.7. The van der Waals surface area contributed by atoms with Crippen LogP contribution < -0.4 is 10.6 Å². The molecule has 0 aromatic heterocycles. The fourth-order valence-electron chi connectivity index (χ4n) is 1.72. The summed E-state index contributed by atoms with van der Waals surface area (Å²) in [6, 6.07) is 0. The number of nitrogens with one attached hydrogen (secondary N) is 2. The third-order valence-electron chi connectivity index (χ3n) is 2.62. The van der Waals surface area contributed by atoms with E-state index in [2.05, 4.69) is 29.4 Å². The van der Waals surface area contributed by atoms with Crippen molar-refractivity contribution in [3.8, 4) is 0 Å². The summed E-state index contributed by atoms with van der Waals surface area (Å²) in [7, 11) is 1.99. The fraction of sp³-hybridized carbons (Fsp3) is 0.933. The summed E-state index contributed by atoms with van der Waals surface area (Å²) in [5.41, 5.74) is 0. The second-order valence-electron chi connectivity index (χ2n) is 4.50. The third-order valence-corrected chi connectivity index (χ3v) is 2.62. The quantitative estimate of drug-likeness (QED) is 0.568. The highest BCUT2D eigenvalue weighted by atomic mass is 16.2. The molecule has 4 nitrogen and oxygen atoms in total. The van der Waals surface area contributed by atoms with E-state index in [4.69, 9.17) is 0 Å². The van der Waals surface area contributed by atoms with Crippen molar-refractivity contribution in [2.75, 3.05) is 39.8 Å². The molecule has 0 spiro atoms. The molecule has 0 radical (unpaired) electrons. The van der Waals surface area contributed by atoms with Crippen LogP contribution >= 0.6 is 0 Å². The summed E-state index contributed by atoms with van der Waals surface area (Å²) in [6.07, 6.45) is 4.54. The zero-order chi connectivity index (χ0) is 14.9. The van der Waals surface area contributed by atoms with Crippen LogP contribution in [-0.4, -0.2) is 50.6 Å². The lowest BCUT2D eigenvalue weighted by Crippen LogP contribution is -2.35. The van der Waals surface area contributed by atoms with Gasteiger partial charge in [-0.05, 0) is 45.9 Å². The average Bonchev–Trinajstić information content (AvgIpc) is 2.40. The second-order valence-corrected chi connectivity index (χ2v) is 4.50. The zero-order valence-electron chi connectivity index (χ0n) is 13.7. The van der Waals surface area contributed by atoms with Gasteiger partial charge in [-0.15, -0.1) is 0 Å². The minimum Gasteiger partial charge on any atom is -0.355 e. The molecule has 2 N–H and O–H groups in total. The van der Waals surface area contributed by atoms with Gasteiger partial charge in [0, 0.05) is 6.54 Å². The SMILES string of the molecule is CC.CCCN(C)CC(=O)NCCCCCNCC. The molecule has 0 unspecified atom stereocenters. The molecule has 0 saturated carbocycles. The maximum absolute atomic E-state index is 11.5. The summed E-state index contributed by atoms with van der Waals surface area (Å²) in [4.78, 5) is 13.6. The molecular formula is C15H35N3O. The number of hydrogen-bond acceptors (Lipinski definition) is 3. The maximum Gasteiger partial charge on any atom is 0.234 e. The number of nitrogens with zero attached hydrogens (tertiary/aromatic N) is 1. The molecule has 0 aliphatic carbocycles. The summed E-state index contributed by atoms with van der Waals surface area (Å²) in [6.45, 7) is 12.7. The molecule has 0 aromatic carbocycles. The molecule has 19 heavy (non-hydrogen) atoms. The van der Waals surface area contributed by atoms with E-state index in [1.165, 1.54) is 12.8 Å². The standard InChI is InChI=1S/C13H29N3O.C2H6/c1-4-11-16(3)12-13(17)15-10-8-6-7-9-14-5-2;1-2/h14H,4-12H2,1-3H3,(H,15,17);1-2H3. The Balaban J connectivity index is 0. The molecule has 0 fully saturated rings. The van der Waals surface area contributed by atoms with Crippen LogP contribution in [0.2, 0.25) is 0 Å². The Labute approximate surface area is 120 Å². The Morgan fingerprint density at radius 1 is 1.05 bits per heavy atom. The lowest BCUT2D eigenvalue weighted by molar-refractivity contribution is -0.121. The van der Waals surface area contributed by atoms with Crippen molar-refractivity contribution in [2.45, 2.75) is 53.4 Å². The van der Waals surface area contributed by atoms with E-state index in [0.29, 0.717) is 6.54 Å². The minimum atomic E-state index is 0.146. The Hall–Kier alpha value is -0.610. The Kier molecular flexibility index (Phi) is 18.9. The molecular weight excluding hydrogens is 238 g/mol.